The molecule has 2 aliphatic rings. The molecule has 0 spiro atoms. The minimum absolute atomic E-state index is 0.000141. The molecule has 3 heterocycles. The molecule has 1 atom stereocenters. The molecule has 0 radical (unpaired) electrons. The fourth-order valence-electron chi connectivity index (χ4n) is 4.42. The van der Waals surface area contributed by atoms with E-state index in [1.54, 1.807) is 29.2 Å². The molecule has 1 saturated heterocycles. The number of non-ortho nitro benzene ring substituents is 1. The van der Waals surface area contributed by atoms with E-state index in [1.807, 2.05) is 0 Å². The van der Waals surface area contributed by atoms with E-state index in [9.17, 15) is 19.7 Å². The van der Waals surface area contributed by atoms with Crippen molar-refractivity contribution in [1.29, 1.82) is 0 Å². The zero-order chi connectivity index (χ0) is 23.1. The summed E-state index contributed by atoms with van der Waals surface area (Å²) in [5.41, 5.74) is 0.711. The van der Waals surface area contributed by atoms with Gasteiger partial charge in [-0.3, -0.25) is 24.6 Å². The van der Waals surface area contributed by atoms with Crippen LogP contribution in [0.1, 0.15) is 27.7 Å². The average molecular weight is 470 g/mol. The molecule has 0 bridgehead atoms. The maximum absolute atomic E-state index is 13.5. The van der Waals surface area contributed by atoms with Crippen LogP contribution in [0.25, 0.3) is 11.0 Å². The predicted octanol–water partition coefficient (Wildman–Crippen LogP) is 3.23. The number of carbonyl (C=O) groups is 1. The van der Waals surface area contributed by atoms with Crippen LogP contribution >= 0.6 is 11.6 Å². The molecular weight excluding hydrogens is 450 g/mol. The van der Waals surface area contributed by atoms with Crippen LogP contribution in [0.4, 0.5) is 5.69 Å². The minimum atomic E-state index is -0.714. The first-order valence-electron chi connectivity index (χ1n) is 10.6. The molecule has 2 aliphatic heterocycles. The largest absolute Gasteiger partial charge is 0.450 e. The number of fused-ring (bicyclic) bond motifs is 2. The average Bonchev–Trinajstić information content (AvgIpc) is 3.10. The SMILES string of the molecule is O=C1c2oc3ccc(Cl)cc3c(=O)c2C(c2ccc([N+](=O)[O-])cc2)N1CCN1CCOCC1. The lowest BCUT2D eigenvalue weighted by atomic mass is 9.98. The summed E-state index contributed by atoms with van der Waals surface area (Å²) in [6.07, 6.45) is 0. The molecule has 1 amide bonds. The number of nitro benzene ring substituents is 1. The minimum Gasteiger partial charge on any atom is -0.450 e. The first-order valence-corrected chi connectivity index (χ1v) is 10.9. The Morgan fingerprint density at radius 3 is 2.48 bits per heavy atom. The lowest BCUT2D eigenvalue weighted by Crippen LogP contribution is -2.42. The maximum atomic E-state index is 13.5. The number of ether oxygens (including phenoxy) is 1. The maximum Gasteiger partial charge on any atom is 0.290 e. The predicted molar refractivity (Wildman–Crippen MR) is 121 cm³/mol. The van der Waals surface area contributed by atoms with Gasteiger partial charge < -0.3 is 14.1 Å². The summed E-state index contributed by atoms with van der Waals surface area (Å²) in [5.74, 6) is -0.379. The molecule has 0 aliphatic carbocycles. The number of hydrogen-bond donors (Lipinski definition) is 0. The summed E-state index contributed by atoms with van der Waals surface area (Å²) in [6, 6.07) is 9.88. The molecule has 1 unspecified atom stereocenters. The molecule has 2 aromatic carbocycles. The van der Waals surface area contributed by atoms with E-state index in [-0.39, 0.29) is 39.3 Å². The van der Waals surface area contributed by atoms with Crippen molar-refractivity contribution in [2.45, 2.75) is 6.04 Å². The van der Waals surface area contributed by atoms with Gasteiger partial charge in [-0.2, -0.15) is 0 Å². The highest BCUT2D eigenvalue weighted by atomic mass is 35.5. The third-order valence-electron chi connectivity index (χ3n) is 6.11. The number of halogens is 1. The zero-order valence-electron chi connectivity index (χ0n) is 17.5. The van der Waals surface area contributed by atoms with Gasteiger partial charge in [0, 0.05) is 43.3 Å². The van der Waals surface area contributed by atoms with Gasteiger partial charge in [0.25, 0.3) is 11.6 Å². The van der Waals surface area contributed by atoms with Crippen molar-refractivity contribution in [2.24, 2.45) is 0 Å². The Hall–Kier alpha value is -3.27. The second kappa shape index (κ2) is 8.58. The van der Waals surface area contributed by atoms with E-state index >= 15 is 0 Å². The summed E-state index contributed by atoms with van der Waals surface area (Å²) < 4.78 is 11.3. The fourth-order valence-corrected chi connectivity index (χ4v) is 4.59. The van der Waals surface area contributed by atoms with Gasteiger partial charge in [-0.25, -0.2) is 0 Å². The van der Waals surface area contributed by atoms with Crippen molar-refractivity contribution < 1.29 is 18.9 Å². The number of morpholine rings is 1. The second-order valence-electron chi connectivity index (χ2n) is 8.02. The highest BCUT2D eigenvalue weighted by Gasteiger charge is 2.42. The molecule has 10 heteroatoms. The van der Waals surface area contributed by atoms with Crippen LogP contribution in [0.2, 0.25) is 5.02 Å². The lowest BCUT2D eigenvalue weighted by molar-refractivity contribution is -0.384. The summed E-state index contributed by atoms with van der Waals surface area (Å²) in [5, 5.41) is 11.8. The van der Waals surface area contributed by atoms with Gasteiger partial charge >= 0.3 is 0 Å². The molecule has 170 valence electrons. The molecule has 1 aromatic heterocycles. The van der Waals surface area contributed by atoms with E-state index < -0.39 is 11.0 Å². The molecule has 33 heavy (non-hydrogen) atoms. The van der Waals surface area contributed by atoms with Crippen molar-refractivity contribution in [1.82, 2.24) is 9.80 Å². The van der Waals surface area contributed by atoms with Crippen LogP contribution in [0.5, 0.6) is 0 Å². The first kappa shape index (κ1) is 21.6. The number of rotatable bonds is 5. The number of nitro groups is 1. The third kappa shape index (κ3) is 3.88. The standard InChI is InChI=1S/C23H20ClN3O6/c24-15-3-6-18-17(13-15)21(28)19-20(14-1-4-16(5-2-14)27(30)31)26(23(29)22(19)33-18)8-7-25-9-11-32-12-10-25/h1-6,13,20H,7-12H2. The normalized spacial score (nSPS) is 18.6. The zero-order valence-corrected chi connectivity index (χ0v) is 18.3. The van der Waals surface area contributed by atoms with Crippen molar-refractivity contribution in [2.75, 3.05) is 39.4 Å². The van der Waals surface area contributed by atoms with Crippen molar-refractivity contribution in [3.05, 3.63) is 84.7 Å². The topological polar surface area (TPSA) is 106 Å². The Kier molecular flexibility index (Phi) is 5.61. The molecule has 5 rings (SSSR count). The fraction of sp³-hybridized carbons (Fsp3) is 0.304. The van der Waals surface area contributed by atoms with Crippen molar-refractivity contribution in [3.63, 3.8) is 0 Å². The first-order chi connectivity index (χ1) is 15.9. The van der Waals surface area contributed by atoms with E-state index in [0.717, 1.165) is 13.1 Å². The Bertz CT molecular complexity index is 1300. The van der Waals surface area contributed by atoms with Crippen LogP contribution in [-0.4, -0.2) is 60.0 Å². The smallest absolute Gasteiger partial charge is 0.290 e. The van der Waals surface area contributed by atoms with Crippen molar-refractivity contribution in [3.8, 4) is 0 Å². The van der Waals surface area contributed by atoms with Gasteiger partial charge in [0.15, 0.2) is 5.43 Å². The Balaban J connectivity index is 1.60. The number of benzene rings is 2. The highest BCUT2D eigenvalue weighted by molar-refractivity contribution is 6.31. The van der Waals surface area contributed by atoms with Gasteiger partial charge in [-0.15, -0.1) is 0 Å². The van der Waals surface area contributed by atoms with Gasteiger partial charge in [-0.05, 0) is 35.9 Å². The summed E-state index contributed by atoms with van der Waals surface area (Å²) in [6.45, 7) is 3.75. The molecule has 1 fully saturated rings. The van der Waals surface area contributed by atoms with Crippen LogP contribution in [-0.2, 0) is 4.74 Å². The van der Waals surface area contributed by atoms with E-state index in [2.05, 4.69) is 4.90 Å². The molecule has 3 aromatic rings. The molecule has 0 N–H and O–H groups in total. The lowest BCUT2D eigenvalue weighted by Gasteiger charge is -2.31. The van der Waals surface area contributed by atoms with Crippen LogP contribution in [0, 0.1) is 10.1 Å². The summed E-state index contributed by atoms with van der Waals surface area (Å²) in [4.78, 5) is 41.3. The monoisotopic (exact) mass is 469 g/mol. The van der Waals surface area contributed by atoms with Gasteiger partial charge in [0.1, 0.15) is 5.58 Å². The highest BCUT2D eigenvalue weighted by Crippen LogP contribution is 2.38. The summed E-state index contributed by atoms with van der Waals surface area (Å²) in [7, 11) is 0. The number of amides is 1. The van der Waals surface area contributed by atoms with Crippen LogP contribution < -0.4 is 5.43 Å². The molecule has 9 nitrogen and oxygen atoms in total. The Morgan fingerprint density at radius 1 is 1.06 bits per heavy atom. The Labute approximate surface area is 193 Å². The van der Waals surface area contributed by atoms with E-state index in [0.29, 0.717) is 36.9 Å². The summed E-state index contributed by atoms with van der Waals surface area (Å²) >= 11 is 6.10. The molecule has 0 saturated carbocycles. The van der Waals surface area contributed by atoms with E-state index in [1.165, 1.54) is 18.2 Å². The Morgan fingerprint density at radius 2 is 1.79 bits per heavy atom. The third-order valence-corrected chi connectivity index (χ3v) is 6.34. The van der Waals surface area contributed by atoms with Crippen molar-refractivity contribution >= 4 is 34.2 Å². The number of nitrogens with zero attached hydrogens (tertiary/aromatic N) is 3. The van der Waals surface area contributed by atoms with E-state index in [4.69, 9.17) is 20.8 Å². The second-order valence-corrected chi connectivity index (χ2v) is 8.45. The molecular formula is C23H20ClN3O6. The quantitative estimate of drug-likeness (QED) is 0.417. The van der Waals surface area contributed by atoms with Gasteiger partial charge in [0.05, 0.1) is 35.1 Å². The number of hydrogen-bond acceptors (Lipinski definition) is 7. The van der Waals surface area contributed by atoms with Gasteiger partial charge in [0.2, 0.25) is 5.76 Å². The van der Waals surface area contributed by atoms with Crippen LogP contribution in [0.3, 0.4) is 0 Å². The van der Waals surface area contributed by atoms with Gasteiger partial charge in [-0.1, -0.05) is 11.6 Å². The van der Waals surface area contributed by atoms with Crippen LogP contribution in [0.15, 0.2) is 51.7 Å². The number of carbonyl (C=O) groups excluding carboxylic acids is 1.